The summed E-state index contributed by atoms with van der Waals surface area (Å²) >= 11 is 0. The summed E-state index contributed by atoms with van der Waals surface area (Å²) in [7, 11) is 0. The van der Waals surface area contributed by atoms with Gasteiger partial charge in [0.25, 0.3) is 0 Å². The largest absolute Gasteiger partial charge is 0.466 e. The number of hydrogen-bond acceptors (Lipinski definition) is 2. The standard InChI is InChI=1S/C34H68O2/c1-4-7-10-13-16-17-18-19-21-24-27-30-34(35)36-32-31-33(28-25-22-15-12-9-6-3)29-26-23-20-14-11-8-5-2/h33H,4-32H2,1-3H3. The summed E-state index contributed by atoms with van der Waals surface area (Å²) in [4.78, 5) is 12.2. The van der Waals surface area contributed by atoms with E-state index in [9.17, 15) is 4.79 Å². The monoisotopic (exact) mass is 509 g/mol. The quantitative estimate of drug-likeness (QED) is 0.0712. The van der Waals surface area contributed by atoms with Crippen LogP contribution >= 0.6 is 0 Å². The summed E-state index contributed by atoms with van der Waals surface area (Å²) in [6.45, 7) is 7.50. The second kappa shape index (κ2) is 30.7. The predicted octanol–water partition coefficient (Wildman–Crippen LogP) is 12.1. The second-order valence-corrected chi connectivity index (χ2v) is 11.6. The van der Waals surface area contributed by atoms with Crippen molar-refractivity contribution < 1.29 is 9.53 Å². The fourth-order valence-electron chi connectivity index (χ4n) is 5.38. The van der Waals surface area contributed by atoms with Crippen LogP contribution in [0, 0.1) is 5.92 Å². The lowest BCUT2D eigenvalue weighted by Crippen LogP contribution is -2.10. The summed E-state index contributed by atoms with van der Waals surface area (Å²) in [6, 6.07) is 0. The molecule has 216 valence electrons. The molecule has 1 atom stereocenters. The minimum absolute atomic E-state index is 0.0418. The molecule has 0 saturated carbocycles. The van der Waals surface area contributed by atoms with E-state index in [1.165, 1.54) is 161 Å². The maximum atomic E-state index is 12.2. The minimum Gasteiger partial charge on any atom is -0.466 e. The fourth-order valence-corrected chi connectivity index (χ4v) is 5.38. The minimum atomic E-state index is 0.0418. The van der Waals surface area contributed by atoms with Crippen LogP contribution in [0.2, 0.25) is 0 Å². The van der Waals surface area contributed by atoms with Gasteiger partial charge in [-0.3, -0.25) is 4.79 Å². The molecule has 0 saturated heterocycles. The molecule has 0 radical (unpaired) electrons. The highest BCUT2D eigenvalue weighted by atomic mass is 16.5. The third-order valence-corrected chi connectivity index (χ3v) is 7.96. The van der Waals surface area contributed by atoms with Gasteiger partial charge in [0.05, 0.1) is 6.61 Å². The molecule has 0 aromatic rings. The van der Waals surface area contributed by atoms with Gasteiger partial charge in [-0.1, -0.05) is 181 Å². The van der Waals surface area contributed by atoms with Gasteiger partial charge in [0.1, 0.15) is 0 Å². The lowest BCUT2D eigenvalue weighted by atomic mass is 9.91. The Bertz CT molecular complexity index is 419. The molecule has 0 bridgehead atoms. The highest BCUT2D eigenvalue weighted by molar-refractivity contribution is 5.69. The van der Waals surface area contributed by atoms with Crippen molar-refractivity contribution in [3.8, 4) is 0 Å². The smallest absolute Gasteiger partial charge is 0.305 e. The number of ether oxygens (including phenoxy) is 1. The predicted molar refractivity (Wildman–Crippen MR) is 161 cm³/mol. The molecular weight excluding hydrogens is 440 g/mol. The first kappa shape index (κ1) is 35.5. The number of unbranched alkanes of at least 4 members (excludes halogenated alkanes) is 21. The van der Waals surface area contributed by atoms with E-state index in [1.54, 1.807) is 0 Å². The van der Waals surface area contributed by atoms with Crippen LogP contribution < -0.4 is 0 Å². The van der Waals surface area contributed by atoms with Gasteiger partial charge < -0.3 is 4.74 Å². The molecule has 0 aromatic heterocycles. The van der Waals surface area contributed by atoms with Gasteiger partial charge in [0.2, 0.25) is 0 Å². The SMILES string of the molecule is CCCCCCCCCCCCCC(=O)OCCC(CCCCCCCC)CCCCCCCCC. The molecule has 0 aliphatic heterocycles. The number of carbonyl (C=O) groups is 1. The maximum absolute atomic E-state index is 12.2. The van der Waals surface area contributed by atoms with Crippen LogP contribution in [0.3, 0.4) is 0 Å². The summed E-state index contributed by atoms with van der Waals surface area (Å²) in [5.74, 6) is 0.793. The Morgan fingerprint density at radius 1 is 0.444 bits per heavy atom. The lowest BCUT2D eigenvalue weighted by Gasteiger charge is -2.17. The second-order valence-electron chi connectivity index (χ2n) is 11.6. The molecule has 0 aromatic carbocycles. The topological polar surface area (TPSA) is 26.3 Å². The Balaban J connectivity index is 3.84. The average Bonchev–Trinajstić information content (AvgIpc) is 2.88. The third-order valence-electron chi connectivity index (χ3n) is 7.96. The van der Waals surface area contributed by atoms with Crippen LogP contribution in [-0.4, -0.2) is 12.6 Å². The Hall–Kier alpha value is -0.530. The van der Waals surface area contributed by atoms with E-state index in [4.69, 9.17) is 4.74 Å². The summed E-state index contributed by atoms with van der Waals surface area (Å²) in [5.41, 5.74) is 0. The normalized spacial score (nSPS) is 12.2. The van der Waals surface area contributed by atoms with Gasteiger partial charge in [-0.2, -0.15) is 0 Å². The van der Waals surface area contributed by atoms with Crippen molar-refractivity contribution in [2.75, 3.05) is 6.61 Å². The molecule has 0 heterocycles. The van der Waals surface area contributed by atoms with Gasteiger partial charge in [-0.15, -0.1) is 0 Å². The number of hydrogen-bond donors (Lipinski definition) is 0. The molecule has 0 amide bonds. The van der Waals surface area contributed by atoms with E-state index in [-0.39, 0.29) is 5.97 Å². The van der Waals surface area contributed by atoms with Gasteiger partial charge in [-0.05, 0) is 18.8 Å². The van der Waals surface area contributed by atoms with Crippen molar-refractivity contribution in [2.24, 2.45) is 5.92 Å². The van der Waals surface area contributed by atoms with Gasteiger partial charge in [0, 0.05) is 6.42 Å². The highest BCUT2D eigenvalue weighted by Crippen LogP contribution is 2.22. The number of esters is 1. The molecule has 0 N–H and O–H groups in total. The molecule has 0 spiro atoms. The van der Waals surface area contributed by atoms with Gasteiger partial charge >= 0.3 is 5.97 Å². The van der Waals surface area contributed by atoms with Gasteiger partial charge in [-0.25, -0.2) is 0 Å². The van der Waals surface area contributed by atoms with E-state index in [0.29, 0.717) is 13.0 Å². The zero-order chi connectivity index (χ0) is 26.4. The fraction of sp³-hybridized carbons (Fsp3) is 0.971. The Morgan fingerprint density at radius 3 is 1.17 bits per heavy atom. The molecule has 0 fully saturated rings. The van der Waals surface area contributed by atoms with E-state index < -0.39 is 0 Å². The van der Waals surface area contributed by atoms with E-state index in [1.807, 2.05) is 0 Å². The highest BCUT2D eigenvalue weighted by Gasteiger charge is 2.11. The molecule has 2 nitrogen and oxygen atoms in total. The Kier molecular flexibility index (Phi) is 30.2. The summed E-state index contributed by atoms with van der Waals surface area (Å²) in [5, 5.41) is 0. The number of carbonyl (C=O) groups excluding carboxylic acids is 1. The zero-order valence-corrected chi connectivity index (χ0v) is 25.4. The lowest BCUT2D eigenvalue weighted by molar-refractivity contribution is -0.144. The van der Waals surface area contributed by atoms with E-state index >= 15 is 0 Å². The van der Waals surface area contributed by atoms with Crippen molar-refractivity contribution in [3.63, 3.8) is 0 Å². The van der Waals surface area contributed by atoms with Crippen LogP contribution in [-0.2, 0) is 9.53 Å². The third kappa shape index (κ3) is 28.0. The molecule has 0 aliphatic carbocycles. The first-order valence-electron chi connectivity index (χ1n) is 16.9. The molecule has 1 unspecified atom stereocenters. The van der Waals surface area contributed by atoms with Crippen molar-refractivity contribution in [3.05, 3.63) is 0 Å². The summed E-state index contributed by atoms with van der Waals surface area (Å²) in [6.07, 6.45) is 36.8. The first-order valence-corrected chi connectivity index (χ1v) is 16.9. The molecule has 2 heteroatoms. The first-order chi connectivity index (χ1) is 17.7. The molecule has 0 rings (SSSR count). The van der Waals surface area contributed by atoms with Crippen LogP contribution in [0.15, 0.2) is 0 Å². The maximum Gasteiger partial charge on any atom is 0.305 e. The molecular formula is C34H68O2. The van der Waals surface area contributed by atoms with Crippen LogP contribution in [0.4, 0.5) is 0 Å². The van der Waals surface area contributed by atoms with Crippen molar-refractivity contribution in [2.45, 2.75) is 201 Å². The van der Waals surface area contributed by atoms with E-state index in [0.717, 1.165) is 18.8 Å². The Labute approximate surface area is 228 Å². The van der Waals surface area contributed by atoms with Crippen LogP contribution in [0.1, 0.15) is 201 Å². The van der Waals surface area contributed by atoms with Crippen molar-refractivity contribution >= 4 is 5.97 Å². The Morgan fingerprint density at radius 2 is 0.778 bits per heavy atom. The molecule has 36 heavy (non-hydrogen) atoms. The number of rotatable bonds is 30. The van der Waals surface area contributed by atoms with E-state index in [2.05, 4.69) is 20.8 Å². The van der Waals surface area contributed by atoms with Crippen molar-refractivity contribution in [1.82, 2.24) is 0 Å². The van der Waals surface area contributed by atoms with Crippen LogP contribution in [0.25, 0.3) is 0 Å². The average molecular weight is 509 g/mol. The summed E-state index contributed by atoms with van der Waals surface area (Å²) < 4.78 is 5.66. The van der Waals surface area contributed by atoms with Gasteiger partial charge in [0.15, 0.2) is 0 Å². The zero-order valence-electron chi connectivity index (χ0n) is 25.4. The van der Waals surface area contributed by atoms with Crippen molar-refractivity contribution in [1.29, 1.82) is 0 Å². The van der Waals surface area contributed by atoms with Crippen LogP contribution in [0.5, 0.6) is 0 Å². The molecule has 0 aliphatic rings.